The van der Waals surface area contributed by atoms with Gasteiger partial charge in [-0.1, -0.05) is 29.3 Å². The molecule has 0 spiro atoms. The quantitative estimate of drug-likeness (QED) is 0.720. The number of fused-ring (bicyclic) bond motifs is 1. The van der Waals surface area contributed by atoms with E-state index in [2.05, 4.69) is 24.5 Å². The van der Waals surface area contributed by atoms with Crippen molar-refractivity contribution in [2.24, 2.45) is 5.73 Å². The van der Waals surface area contributed by atoms with Crippen LogP contribution in [0.5, 0.6) is 0 Å². The summed E-state index contributed by atoms with van der Waals surface area (Å²) in [5.41, 5.74) is 9.67. The summed E-state index contributed by atoms with van der Waals surface area (Å²) >= 11 is 13.7. The van der Waals surface area contributed by atoms with Crippen molar-refractivity contribution in [3.63, 3.8) is 0 Å². The zero-order valence-corrected chi connectivity index (χ0v) is 14.1. The third-order valence-corrected chi connectivity index (χ3v) is 4.89. The van der Waals surface area contributed by atoms with Crippen molar-refractivity contribution in [3.05, 3.63) is 38.5 Å². The van der Waals surface area contributed by atoms with E-state index < -0.39 is 0 Å². The first kappa shape index (κ1) is 14.9. The lowest BCUT2D eigenvalue weighted by atomic mass is 10.2. The molecule has 0 amide bonds. The molecule has 0 fully saturated rings. The molecule has 0 saturated heterocycles. The van der Waals surface area contributed by atoms with Crippen molar-refractivity contribution in [3.8, 4) is 11.4 Å². The number of hydrogen-bond acceptors (Lipinski definition) is 3. The Balaban J connectivity index is 2.31. The van der Waals surface area contributed by atoms with Crippen molar-refractivity contribution >= 4 is 45.6 Å². The fourth-order valence-electron chi connectivity index (χ4n) is 2.48. The highest BCUT2D eigenvalue weighted by molar-refractivity contribution is 7.20. The summed E-state index contributed by atoms with van der Waals surface area (Å²) in [5, 5.41) is 0. The molecule has 6 heteroatoms. The number of nitrogens with two attached hydrogens (primary N) is 1. The summed E-state index contributed by atoms with van der Waals surface area (Å²) in [5.74, 6) is 0.849. The molecule has 0 radical (unpaired) electrons. The number of nitrogens with zero attached hydrogens (tertiary/aromatic N) is 2. The van der Waals surface area contributed by atoms with E-state index in [1.165, 1.54) is 11.3 Å². The van der Waals surface area contributed by atoms with Crippen LogP contribution in [-0.2, 0) is 6.54 Å². The predicted molar refractivity (Wildman–Crippen MR) is 91.3 cm³/mol. The number of halogens is 2. The molecule has 0 aliphatic heterocycles. The van der Waals surface area contributed by atoms with E-state index in [0.717, 1.165) is 28.0 Å². The second kappa shape index (κ2) is 5.61. The lowest BCUT2D eigenvalue weighted by Crippen LogP contribution is -2.03. The third kappa shape index (κ3) is 2.57. The van der Waals surface area contributed by atoms with Crippen LogP contribution >= 0.6 is 34.5 Å². The topological polar surface area (TPSA) is 43.8 Å². The van der Waals surface area contributed by atoms with Crippen LogP contribution in [0.25, 0.3) is 22.4 Å². The predicted octanol–water partition coefficient (Wildman–Crippen LogP) is 5.11. The van der Waals surface area contributed by atoms with Gasteiger partial charge in [-0.15, -0.1) is 11.3 Å². The van der Waals surface area contributed by atoms with Gasteiger partial charge in [-0.3, -0.25) is 0 Å². The van der Waals surface area contributed by atoms with Gasteiger partial charge in [0.05, 0.1) is 15.4 Å². The first-order valence-corrected chi connectivity index (χ1v) is 8.24. The maximum absolute atomic E-state index is 6.30. The van der Waals surface area contributed by atoms with E-state index in [1.807, 2.05) is 18.2 Å². The molecule has 3 nitrogen and oxygen atoms in total. The summed E-state index contributed by atoms with van der Waals surface area (Å²) in [6, 6.07) is 8.27. The van der Waals surface area contributed by atoms with Crippen LogP contribution in [0.15, 0.2) is 24.3 Å². The summed E-state index contributed by atoms with van der Waals surface area (Å²) in [6.45, 7) is 4.76. The second-order valence-corrected chi connectivity index (χ2v) is 7.45. The van der Waals surface area contributed by atoms with Crippen LogP contribution in [0.1, 0.15) is 25.5 Å². The van der Waals surface area contributed by atoms with E-state index in [-0.39, 0.29) is 6.04 Å². The van der Waals surface area contributed by atoms with Gasteiger partial charge in [0.1, 0.15) is 10.2 Å². The van der Waals surface area contributed by atoms with Crippen molar-refractivity contribution in [1.29, 1.82) is 0 Å². The van der Waals surface area contributed by atoms with Crippen molar-refractivity contribution in [2.75, 3.05) is 0 Å². The zero-order chi connectivity index (χ0) is 15.1. The van der Waals surface area contributed by atoms with Crippen molar-refractivity contribution < 1.29 is 0 Å². The maximum Gasteiger partial charge on any atom is 0.143 e. The second-order valence-electron chi connectivity index (χ2n) is 5.16. The van der Waals surface area contributed by atoms with E-state index in [9.17, 15) is 0 Å². The van der Waals surface area contributed by atoms with Gasteiger partial charge < -0.3 is 10.3 Å². The van der Waals surface area contributed by atoms with E-state index >= 15 is 0 Å². The molecule has 21 heavy (non-hydrogen) atoms. The summed E-state index contributed by atoms with van der Waals surface area (Å²) in [4.78, 5) is 4.76. The standard InChI is InChI=1S/C15H15Cl2N3S/c1-8(2)20-12-4-3-9(7-18)5-11(12)19-15(20)10-6-13(16)21-14(10)17/h3-6,8H,7,18H2,1-2H3. The van der Waals surface area contributed by atoms with Gasteiger partial charge >= 0.3 is 0 Å². The SMILES string of the molecule is CC(C)n1c(-c2cc(Cl)sc2Cl)nc2cc(CN)ccc21. The number of hydrogen-bond donors (Lipinski definition) is 1. The van der Waals surface area contributed by atoms with Gasteiger partial charge in [0.25, 0.3) is 0 Å². The minimum Gasteiger partial charge on any atom is -0.326 e. The number of thiophene rings is 1. The van der Waals surface area contributed by atoms with Gasteiger partial charge in [-0.05, 0) is 37.6 Å². The Morgan fingerprint density at radius 1 is 1.29 bits per heavy atom. The molecule has 0 aliphatic carbocycles. The molecule has 1 aromatic carbocycles. The molecule has 0 saturated carbocycles. The molecule has 0 aliphatic rings. The fourth-order valence-corrected chi connectivity index (χ4v) is 3.93. The molecular weight excluding hydrogens is 325 g/mol. The monoisotopic (exact) mass is 339 g/mol. The molecule has 0 atom stereocenters. The summed E-state index contributed by atoms with van der Waals surface area (Å²) in [6.07, 6.45) is 0. The first-order chi connectivity index (χ1) is 10.0. The highest BCUT2D eigenvalue weighted by Gasteiger charge is 2.19. The largest absolute Gasteiger partial charge is 0.326 e. The van der Waals surface area contributed by atoms with Gasteiger partial charge in [0, 0.05) is 18.2 Å². The van der Waals surface area contributed by atoms with Gasteiger partial charge in [-0.25, -0.2) is 4.98 Å². The van der Waals surface area contributed by atoms with Crippen LogP contribution < -0.4 is 5.73 Å². The Bertz CT molecular complexity index is 805. The molecule has 0 unspecified atom stereocenters. The molecule has 2 N–H and O–H groups in total. The summed E-state index contributed by atoms with van der Waals surface area (Å²) in [7, 11) is 0. The average Bonchev–Trinajstić information content (AvgIpc) is 2.97. The molecule has 0 bridgehead atoms. The Morgan fingerprint density at radius 3 is 2.62 bits per heavy atom. The lowest BCUT2D eigenvalue weighted by molar-refractivity contribution is 0.624. The van der Waals surface area contributed by atoms with Crippen LogP contribution in [0.3, 0.4) is 0 Å². The van der Waals surface area contributed by atoms with Crippen LogP contribution in [0, 0.1) is 0 Å². The minimum atomic E-state index is 0.267. The fraction of sp³-hybridized carbons (Fsp3) is 0.267. The van der Waals surface area contributed by atoms with Crippen LogP contribution in [-0.4, -0.2) is 9.55 Å². The molecule has 2 aromatic heterocycles. The Hall–Kier alpha value is -1.07. The minimum absolute atomic E-state index is 0.267. The summed E-state index contributed by atoms with van der Waals surface area (Å²) < 4.78 is 3.51. The van der Waals surface area contributed by atoms with Crippen molar-refractivity contribution in [1.82, 2.24) is 9.55 Å². The lowest BCUT2D eigenvalue weighted by Gasteiger charge is -2.12. The number of benzene rings is 1. The molecule has 3 rings (SSSR count). The Morgan fingerprint density at radius 2 is 2.05 bits per heavy atom. The zero-order valence-electron chi connectivity index (χ0n) is 11.7. The molecule has 3 aromatic rings. The maximum atomic E-state index is 6.30. The highest BCUT2D eigenvalue weighted by atomic mass is 35.5. The molecular formula is C15H15Cl2N3S. The normalized spacial score (nSPS) is 11.7. The Kier molecular flexibility index (Phi) is 3.97. The van der Waals surface area contributed by atoms with Crippen LogP contribution in [0.4, 0.5) is 0 Å². The molecule has 110 valence electrons. The number of aromatic nitrogens is 2. The van der Waals surface area contributed by atoms with Gasteiger partial charge in [-0.2, -0.15) is 0 Å². The van der Waals surface area contributed by atoms with Gasteiger partial charge in [0.2, 0.25) is 0 Å². The molecule has 2 heterocycles. The van der Waals surface area contributed by atoms with E-state index in [0.29, 0.717) is 15.2 Å². The third-order valence-electron chi connectivity index (χ3n) is 3.40. The highest BCUT2D eigenvalue weighted by Crippen LogP contribution is 2.39. The first-order valence-electron chi connectivity index (χ1n) is 6.67. The smallest absolute Gasteiger partial charge is 0.143 e. The van der Waals surface area contributed by atoms with Crippen LogP contribution in [0.2, 0.25) is 8.67 Å². The average molecular weight is 340 g/mol. The van der Waals surface area contributed by atoms with Crippen molar-refractivity contribution in [2.45, 2.75) is 26.4 Å². The van der Waals surface area contributed by atoms with Gasteiger partial charge in [0.15, 0.2) is 0 Å². The number of imidazole rings is 1. The number of rotatable bonds is 3. The Labute approximate surface area is 137 Å². The van der Waals surface area contributed by atoms with E-state index in [4.69, 9.17) is 33.9 Å². The van der Waals surface area contributed by atoms with E-state index in [1.54, 1.807) is 0 Å².